The van der Waals surface area contributed by atoms with Crippen LogP contribution in [0.1, 0.15) is 22.3 Å². The maximum absolute atomic E-state index is 4.43. The van der Waals surface area contributed by atoms with Crippen LogP contribution in [0.2, 0.25) is 0 Å². The minimum absolute atomic E-state index is 0.335. The number of likely N-dealkylation sites (N-methyl/N-ethyl adjacent to an activating group) is 1. The summed E-state index contributed by atoms with van der Waals surface area (Å²) in [7, 11) is 4.04. The molecule has 0 bridgehead atoms. The van der Waals surface area contributed by atoms with Crippen molar-refractivity contribution in [1.29, 1.82) is 0 Å². The lowest BCUT2D eigenvalue weighted by Gasteiger charge is -2.14. The highest BCUT2D eigenvalue weighted by atomic mass is 32.1. The fraction of sp³-hybridized carbons (Fsp3) is 0.312. The summed E-state index contributed by atoms with van der Waals surface area (Å²) in [6.45, 7) is 2.04. The maximum Gasteiger partial charge on any atom is 0.0596 e. The molecule has 0 aliphatic rings. The Labute approximate surface area is 123 Å². The SMILES string of the molecule is CNC(Cc1cc(C)nn1C)c1cc2ccccc2s1. The molecule has 1 atom stereocenters. The number of nitrogens with one attached hydrogen (secondary N) is 1. The van der Waals surface area contributed by atoms with E-state index in [1.165, 1.54) is 20.7 Å². The Balaban J connectivity index is 1.91. The van der Waals surface area contributed by atoms with Gasteiger partial charge in [-0.25, -0.2) is 0 Å². The van der Waals surface area contributed by atoms with E-state index in [4.69, 9.17) is 0 Å². The molecule has 1 unspecified atom stereocenters. The molecule has 4 heteroatoms. The zero-order chi connectivity index (χ0) is 14.1. The number of hydrogen-bond acceptors (Lipinski definition) is 3. The highest BCUT2D eigenvalue weighted by molar-refractivity contribution is 7.19. The van der Waals surface area contributed by atoms with Crippen LogP contribution in [0.5, 0.6) is 0 Å². The lowest BCUT2D eigenvalue weighted by atomic mass is 10.1. The second-order valence-electron chi connectivity index (χ2n) is 5.13. The van der Waals surface area contributed by atoms with Gasteiger partial charge >= 0.3 is 0 Å². The van der Waals surface area contributed by atoms with E-state index in [0.717, 1.165) is 12.1 Å². The summed E-state index contributed by atoms with van der Waals surface area (Å²) in [6.07, 6.45) is 0.959. The van der Waals surface area contributed by atoms with Crippen molar-refractivity contribution >= 4 is 21.4 Å². The predicted octanol–water partition coefficient (Wildman–Crippen LogP) is 3.45. The molecular formula is C16H19N3S. The van der Waals surface area contributed by atoms with E-state index in [1.54, 1.807) is 0 Å². The summed E-state index contributed by atoms with van der Waals surface area (Å²) < 4.78 is 3.33. The van der Waals surface area contributed by atoms with Crippen LogP contribution in [0.4, 0.5) is 0 Å². The largest absolute Gasteiger partial charge is 0.312 e. The molecular weight excluding hydrogens is 266 g/mol. The van der Waals surface area contributed by atoms with Crippen LogP contribution in [0.15, 0.2) is 36.4 Å². The number of benzene rings is 1. The van der Waals surface area contributed by atoms with E-state index >= 15 is 0 Å². The number of thiophene rings is 1. The second-order valence-corrected chi connectivity index (χ2v) is 6.25. The van der Waals surface area contributed by atoms with Crippen LogP contribution in [0.3, 0.4) is 0 Å². The van der Waals surface area contributed by atoms with E-state index in [2.05, 4.69) is 46.8 Å². The van der Waals surface area contributed by atoms with Gasteiger partial charge in [0.1, 0.15) is 0 Å². The molecule has 0 aliphatic heterocycles. The molecule has 104 valence electrons. The summed E-state index contributed by atoms with van der Waals surface area (Å²) in [6, 6.07) is 13.4. The molecule has 0 spiro atoms. The van der Waals surface area contributed by atoms with Gasteiger partial charge in [0.15, 0.2) is 0 Å². The van der Waals surface area contributed by atoms with Crippen molar-refractivity contribution in [2.45, 2.75) is 19.4 Å². The van der Waals surface area contributed by atoms with Crippen LogP contribution < -0.4 is 5.32 Å². The summed E-state index contributed by atoms with van der Waals surface area (Å²) in [4.78, 5) is 1.38. The zero-order valence-electron chi connectivity index (χ0n) is 12.1. The molecule has 0 aliphatic carbocycles. The van der Waals surface area contributed by atoms with Gasteiger partial charge in [-0.05, 0) is 37.6 Å². The van der Waals surface area contributed by atoms with Gasteiger partial charge in [-0.15, -0.1) is 11.3 Å². The summed E-state index contributed by atoms with van der Waals surface area (Å²) in [5.74, 6) is 0. The Bertz CT molecular complexity index is 693. The van der Waals surface area contributed by atoms with Crippen molar-refractivity contribution in [2.75, 3.05) is 7.05 Å². The molecule has 3 nitrogen and oxygen atoms in total. The van der Waals surface area contributed by atoms with Gasteiger partial charge in [-0.2, -0.15) is 5.10 Å². The average molecular weight is 285 g/mol. The molecule has 0 radical (unpaired) electrons. The topological polar surface area (TPSA) is 29.9 Å². The quantitative estimate of drug-likeness (QED) is 0.795. The maximum atomic E-state index is 4.43. The van der Waals surface area contributed by atoms with Gasteiger partial charge in [0.05, 0.1) is 5.69 Å². The smallest absolute Gasteiger partial charge is 0.0596 e. The van der Waals surface area contributed by atoms with Crippen molar-refractivity contribution in [3.8, 4) is 0 Å². The molecule has 0 saturated heterocycles. The van der Waals surface area contributed by atoms with Crippen molar-refractivity contribution in [3.05, 3.63) is 52.7 Å². The molecule has 3 rings (SSSR count). The zero-order valence-corrected chi connectivity index (χ0v) is 12.9. The lowest BCUT2D eigenvalue weighted by molar-refractivity contribution is 0.569. The number of hydrogen-bond donors (Lipinski definition) is 1. The standard InChI is InChI=1S/C16H19N3S/c1-11-8-13(19(3)18-11)10-14(17-2)16-9-12-6-4-5-7-15(12)20-16/h4-9,14,17H,10H2,1-3H3. The van der Waals surface area contributed by atoms with E-state index in [-0.39, 0.29) is 0 Å². The minimum atomic E-state index is 0.335. The molecule has 0 fully saturated rings. The third-order valence-electron chi connectivity index (χ3n) is 3.65. The summed E-state index contributed by atoms with van der Waals surface area (Å²) in [5.41, 5.74) is 2.34. The Morgan fingerprint density at radius 2 is 2.10 bits per heavy atom. The highest BCUT2D eigenvalue weighted by Gasteiger charge is 2.15. The molecule has 3 aromatic rings. The van der Waals surface area contributed by atoms with E-state index < -0.39 is 0 Å². The van der Waals surface area contributed by atoms with Crippen molar-refractivity contribution in [1.82, 2.24) is 15.1 Å². The highest BCUT2D eigenvalue weighted by Crippen LogP contribution is 2.31. The van der Waals surface area contributed by atoms with Crippen molar-refractivity contribution in [3.63, 3.8) is 0 Å². The van der Waals surface area contributed by atoms with Crippen LogP contribution >= 0.6 is 11.3 Å². The number of rotatable bonds is 4. The Morgan fingerprint density at radius 3 is 2.75 bits per heavy atom. The minimum Gasteiger partial charge on any atom is -0.312 e. The molecule has 2 aromatic heterocycles. The van der Waals surface area contributed by atoms with Crippen LogP contribution in [0, 0.1) is 6.92 Å². The molecule has 1 N–H and O–H groups in total. The van der Waals surface area contributed by atoms with Crippen LogP contribution in [-0.4, -0.2) is 16.8 Å². The Morgan fingerprint density at radius 1 is 1.30 bits per heavy atom. The van der Waals surface area contributed by atoms with Crippen molar-refractivity contribution in [2.24, 2.45) is 7.05 Å². The normalized spacial score (nSPS) is 12.9. The molecule has 1 aromatic carbocycles. The first-order valence-electron chi connectivity index (χ1n) is 6.82. The van der Waals surface area contributed by atoms with Gasteiger partial charge in [-0.1, -0.05) is 18.2 Å². The first-order chi connectivity index (χ1) is 9.67. The molecule has 0 saturated carbocycles. The Hall–Kier alpha value is -1.65. The number of fused-ring (bicyclic) bond motifs is 1. The fourth-order valence-electron chi connectivity index (χ4n) is 2.58. The van der Waals surface area contributed by atoms with E-state index in [9.17, 15) is 0 Å². The molecule has 2 heterocycles. The van der Waals surface area contributed by atoms with Gasteiger partial charge in [0.25, 0.3) is 0 Å². The summed E-state index contributed by atoms with van der Waals surface area (Å²) in [5, 5.41) is 9.19. The van der Waals surface area contributed by atoms with Gasteiger partial charge in [0.2, 0.25) is 0 Å². The predicted molar refractivity (Wildman–Crippen MR) is 85.3 cm³/mol. The average Bonchev–Trinajstić information content (AvgIpc) is 2.99. The van der Waals surface area contributed by atoms with Crippen LogP contribution in [-0.2, 0) is 13.5 Å². The van der Waals surface area contributed by atoms with Gasteiger partial charge in [0, 0.05) is 34.8 Å². The molecule has 20 heavy (non-hydrogen) atoms. The van der Waals surface area contributed by atoms with E-state index in [0.29, 0.717) is 6.04 Å². The Kier molecular flexibility index (Phi) is 3.59. The lowest BCUT2D eigenvalue weighted by Crippen LogP contribution is -2.19. The van der Waals surface area contributed by atoms with Gasteiger partial charge < -0.3 is 5.32 Å². The third-order valence-corrected chi connectivity index (χ3v) is 4.88. The fourth-order valence-corrected chi connectivity index (χ4v) is 3.76. The van der Waals surface area contributed by atoms with Crippen LogP contribution in [0.25, 0.3) is 10.1 Å². The third kappa shape index (κ3) is 2.49. The molecule has 0 amide bonds. The monoisotopic (exact) mass is 285 g/mol. The van der Waals surface area contributed by atoms with E-state index in [1.807, 2.05) is 37.0 Å². The van der Waals surface area contributed by atoms with Gasteiger partial charge in [-0.3, -0.25) is 4.68 Å². The van der Waals surface area contributed by atoms with Crippen molar-refractivity contribution < 1.29 is 0 Å². The summed E-state index contributed by atoms with van der Waals surface area (Å²) >= 11 is 1.87. The number of nitrogens with zero attached hydrogens (tertiary/aromatic N) is 2. The number of aromatic nitrogens is 2. The first kappa shape index (κ1) is 13.3. The first-order valence-corrected chi connectivity index (χ1v) is 7.64. The second kappa shape index (κ2) is 5.38. The number of aryl methyl sites for hydroxylation is 2.